The third kappa shape index (κ3) is 3.92. The summed E-state index contributed by atoms with van der Waals surface area (Å²) in [5.41, 5.74) is 0. The number of benzene rings is 1. The van der Waals surface area contributed by atoms with E-state index in [9.17, 15) is 21.6 Å². The molecule has 0 bridgehead atoms. The molecule has 0 atom stereocenters. The van der Waals surface area contributed by atoms with Crippen LogP contribution in [0.3, 0.4) is 0 Å². The lowest BCUT2D eigenvalue weighted by Crippen LogP contribution is -2.48. The average molecular weight is 455 g/mol. The van der Waals surface area contributed by atoms with Crippen molar-refractivity contribution in [2.75, 3.05) is 26.2 Å². The quantitative estimate of drug-likeness (QED) is 0.664. The third-order valence-corrected chi connectivity index (χ3v) is 7.48. The van der Waals surface area contributed by atoms with Crippen molar-refractivity contribution in [1.29, 1.82) is 0 Å². The Balaban J connectivity index is 1.70. The van der Waals surface area contributed by atoms with Crippen LogP contribution in [0.1, 0.15) is 4.88 Å². The molecular weight excluding hydrogens is 441 g/mol. The molecule has 0 N–H and O–H groups in total. The van der Waals surface area contributed by atoms with Gasteiger partial charge in [0.25, 0.3) is 0 Å². The summed E-state index contributed by atoms with van der Waals surface area (Å²) in [6, 6.07) is 5.33. The van der Waals surface area contributed by atoms with Crippen LogP contribution in [0.2, 0.25) is 0 Å². The summed E-state index contributed by atoms with van der Waals surface area (Å²) in [5.74, 6) is -4.86. The first kappa shape index (κ1) is 18.8. The second-order valence-corrected chi connectivity index (χ2v) is 10.0. The largest absolute Gasteiger partial charge is 0.296 e. The minimum atomic E-state index is -4.20. The molecule has 1 aromatic heterocycles. The van der Waals surface area contributed by atoms with Crippen LogP contribution >= 0.6 is 27.3 Å². The maximum absolute atomic E-state index is 13.8. The first-order valence-electron chi connectivity index (χ1n) is 7.39. The molecule has 0 unspecified atom stereocenters. The number of hydrogen-bond acceptors (Lipinski definition) is 4. The van der Waals surface area contributed by atoms with E-state index in [1.807, 2.05) is 12.1 Å². The fourth-order valence-corrected chi connectivity index (χ4v) is 5.64. The molecule has 0 amide bonds. The molecule has 0 aliphatic carbocycles. The van der Waals surface area contributed by atoms with E-state index < -0.39 is 32.4 Å². The van der Waals surface area contributed by atoms with Crippen LogP contribution in [0.15, 0.2) is 32.9 Å². The van der Waals surface area contributed by atoms with Gasteiger partial charge in [-0.05, 0) is 40.2 Å². The van der Waals surface area contributed by atoms with Crippen molar-refractivity contribution in [3.63, 3.8) is 0 Å². The number of hydrogen-bond donors (Lipinski definition) is 0. The van der Waals surface area contributed by atoms with Gasteiger partial charge in [0.2, 0.25) is 10.0 Å². The predicted molar refractivity (Wildman–Crippen MR) is 92.4 cm³/mol. The molecule has 2 aromatic rings. The van der Waals surface area contributed by atoms with Crippen LogP contribution in [0.4, 0.5) is 13.2 Å². The predicted octanol–water partition coefficient (Wildman–Crippen LogP) is 3.43. The first-order valence-corrected chi connectivity index (χ1v) is 10.4. The van der Waals surface area contributed by atoms with Gasteiger partial charge in [-0.3, -0.25) is 4.90 Å². The highest BCUT2D eigenvalue weighted by atomic mass is 79.9. The molecule has 1 saturated heterocycles. The second kappa shape index (κ2) is 7.36. The highest BCUT2D eigenvalue weighted by Crippen LogP contribution is 2.26. The van der Waals surface area contributed by atoms with Crippen molar-refractivity contribution < 1.29 is 21.6 Å². The van der Waals surface area contributed by atoms with Crippen molar-refractivity contribution in [3.8, 4) is 0 Å². The van der Waals surface area contributed by atoms with Gasteiger partial charge in [0.15, 0.2) is 17.5 Å². The lowest BCUT2D eigenvalue weighted by molar-refractivity contribution is 0.182. The summed E-state index contributed by atoms with van der Waals surface area (Å²) in [7, 11) is -4.20. The van der Waals surface area contributed by atoms with E-state index in [0.29, 0.717) is 25.7 Å². The van der Waals surface area contributed by atoms with Gasteiger partial charge in [0.05, 0.1) is 3.79 Å². The summed E-state index contributed by atoms with van der Waals surface area (Å²) in [4.78, 5) is 2.41. The van der Waals surface area contributed by atoms with Crippen molar-refractivity contribution in [3.05, 3.63) is 50.4 Å². The molecule has 10 heteroatoms. The summed E-state index contributed by atoms with van der Waals surface area (Å²) < 4.78 is 67.4. The van der Waals surface area contributed by atoms with Crippen molar-refractivity contribution in [2.45, 2.75) is 11.4 Å². The third-order valence-electron chi connectivity index (χ3n) is 3.96. The molecule has 1 aliphatic heterocycles. The van der Waals surface area contributed by atoms with Crippen molar-refractivity contribution in [2.24, 2.45) is 0 Å². The number of thiophene rings is 1. The van der Waals surface area contributed by atoms with E-state index in [2.05, 4.69) is 20.8 Å². The molecule has 2 heterocycles. The van der Waals surface area contributed by atoms with Gasteiger partial charge in [-0.1, -0.05) is 0 Å². The van der Waals surface area contributed by atoms with E-state index in [1.165, 1.54) is 0 Å². The Labute approximate surface area is 156 Å². The van der Waals surface area contributed by atoms with Gasteiger partial charge in [-0.2, -0.15) is 4.31 Å². The Morgan fingerprint density at radius 2 is 1.68 bits per heavy atom. The minimum Gasteiger partial charge on any atom is -0.296 e. The van der Waals surface area contributed by atoms with Crippen LogP contribution in [-0.2, 0) is 16.6 Å². The van der Waals surface area contributed by atoms with Gasteiger partial charge in [0.1, 0.15) is 4.90 Å². The van der Waals surface area contributed by atoms with Crippen molar-refractivity contribution in [1.82, 2.24) is 9.21 Å². The molecule has 0 spiro atoms. The standard InChI is InChI=1S/C15H14BrF3N2O2S2/c16-13-4-1-10(24-13)9-20-5-7-21(8-6-20)25(22,23)12-3-2-11(17)14(18)15(12)19/h1-4H,5-9H2. The van der Waals surface area contributed by atoms with Gasteiger partial charge >= 0.3 is 0 Å². The molecular formula is C15H14BrF3N2O2S2. The van der Waals surface area contributed by atoms with Crippen LogP contribution in [0, 0.1) is 17.5 Å². The van der Waals surface area contributed by atoms with Gasteiger partial charge in [-0.25, -0.2) is 21.6 Å². The Kier molecular flexibility index (Phi) is 5.54. The van der Waals surface area contributed by atoms with Gasteiger partial charge in [0, 0.05) is 37.6 Å². The highest BCUT2D eigenvalue weighted by molar-refractivity contribution is 9.11. The van der Waals surface area contributed by atoms with Gasteiger partial charge < -0.3 is 0 Å². The van der Waals surface area contributed by atoms with E-state index in [-0.39, 0.29) is 13.1 Å². The maximum Gasteiger partial charge on any atom is 0.246 e. The number of rotatable bonds is 4. The molecule has 1 fully saturated rings. The fraction of sp³-hybridized carbons (Fsp3) is 0.333. The smallest absolute Gasteiger partial charge is 0.246 e. The van der Waals surface area contributed by atoms with Crippen molar-refractivity contribution >= 4 is 37.3 Å². The minimum absolute atomic E-state index is 0.160. The number of nitrogens with zero attached hydrogens (tertiary/aromatic N) is 2. The van der Waals surface area contributed by atoms with Crippen LogP contribution in [0.5, 0.6) is 0 Å². The first-order chi connectivity index (χ1) is 11.8. The van der Waals surface area contributed by atoms with Crippen LogP contribution < -0.4 is 0 Å². The van der Waals surface area contributed by atoms with E-state index >= 15 is 0 Å². The second-order valence-electron chi connectivity index (χ2n) is 5.56. The molecule has 1 aromatic carbocycles. The molecule has 4 nitrogen and oxygen atoms in total. The molecule has 136 valence electrons. The lowest BCUT2D eigenvalue weighted by atomic mass is 10.3. The van der Waals surface area contributed by atoms with Gasteiger partial charge in [-0.15, -0.1) is 11.3 Å². The molecule has 3 rings (SSSR count). The zero-order chi connectivity index (χ0) is 18.2. The number of halogens is 4. The molecule has 0 saturated carbocycles. The van der Waals surface area contributed by atoms with Crippen LogP contribution in [0.25, 0.3) is 0 Å². The summed E-state index contributed by atoms with van der Waals surface area (Å²) in [6.07, 6.45) is 0. The summed E-state index contributed by atoms with van der Waals surface area (Å²) >= 11 is 5.00. The lowest BCUT2D eigenvalue weighted by Gasteiger charge is -2.33. The number of sulfonamides is 1. The maximum atomic E-state index is 13.8. The Bertz CT molecular complexity index is 881. The number of piperazine rings is 1. The zero-order valence-electron chi connectivity index (χ0n) is 12.9. The summed E-state index contributed by atoms with van der Waals surface area (Å²) in [5, 5.41) is 0. The average Bonchev–Trinajstić information content (AvgIpc) is 2.98. The topological polar surface area (TPSA) is 40.6 Å². The SMILES string of the molecule is O=S(=O)(c1ccc(F)c(F)c1F)N1CCN(Cc2ccc(Br)s2)CC1. The molecule has 0 radical (unpaired) electrons. The van der Waals surface area contributed by atoms with E-state index in [1.54, 1.807) is 11.3 Å². The zero-order valence-corrected chi connectivity index (χ0v) is 16.1. The fourth-order valence-electron chi connectivity index (χ4n) is 2.63. The van der Waals surface area contributed by atoms with E-state index in [4.69, 9.17) is 0 Å². The Hall–Kier alpha value is -0.940. The Morgan fingerprint density at radius 3 is 2.28 bits per heavy atom. The van der Waals surface area contributed by atoms with E-state index in [0.717, 1.165) is 19.0 Å². The molecule has 1 aliphatic rings. The summed E-state index contributed by atoms with van der Waals surface area (Å²) in [6.45, 7) is 1.96. The normalized spacial score (nSPS) is 17.1. The molecule has 25 heavy (non-hydrogen) atoms. The Morgan fingerprint density at radius 1 is 1.00 bits per heavy atom. The highest BCUT2D eigenvalue weighted by Gasteiger charge is 2.32. The monoisotopic (exact) mass is 454 g/mol. The van der Waals surface area contributed by atoms with Crippen LogP contribution in [-0.4, -0.2) is 43.8 Å².